The van der Waals surface area contributed by atoms with Crippen molar-refractivity contribution in [2.75, 3.05) is 6.54 Å². The average molecular weight is 265 g/mol. The Labute approximate surface area is 112 Å². The van der Waals surface area contributed by atoms with E-state index in [4.69, 9.17) is 11.6 Å². The summed E-state index contributed by atoms with van der Waals surface area (Å²) in [5.41, 5.74) is 3.08. The minimum atomic E-state index is 0.0563. The summed E-state index contributed by atoms with van der Waals surface area (Å²) in [4.78, 5) is 15.1. The molecule has 2 rings (SSSR count). The topological polar surface area (TPSA) is 44.9 Å². The Kier molecular flexibility index (Phi) is 3.92. The monoisotopic (exact) mass is 264 g/mol. The number of amides is 1. The first-order valence-electron chi connectivity index (χ1n) is 6.15. The molecule has 0 spiro atoms. The summed E-state index contributed by atoms with van der Waals surface area (Å²) in [6.45, 7) is 4.74. The van der Waals surface area contributed by atoms with Crippen molar-refractivity contribution in [1.29, 1.82) is 0 Å². The normalized spacial score (nSPS) is 10.8. The number of nitrogens with one attached hydrogen (secondary N) is 2. The lowest BCUT2D eigenvalue weighted by Crippen LogP contribution is -2.25. The molecule has 96 valence electrons. The van der Waals surface area contributed by atoms with Gasteiger partial charge in [0.25, 0.3) is 0 Å². The summed E-state index contributed by atoms with van der Waals surface area (Å²) in [6, 6.07) is 5.70. The number of aromatic nitrogens is 1. The van der Waals surface area contributed by atoms with Crippen LogP contribution in [0.1, 0.15) is 24.6 Å². The lowest BCUT2D eigenvalue weighted by molar-refractivity contribution is -0.120. The third-order valence-electron chi connectivity index (χ3n) is 2.99. The Morgan fingerprint density at radius 3 is 2.94 bits per heavy atom. The number of benzene rings is 1. The lowest BCUT2D eigenvalue weighted by Gasteiger charge is -2.04. The molecular formula is C14H17ClN2O. The number of hydrogen-bond acceptors (Lipinski definition) is 1. The van der Waals surface area contributed by atoms with Gasteiger partial charge in [-0.15, -0.1) is 0 Å². The van der Waals surface area contributed by atoms with Gasteiger partial charge in [-0.1, -0.05) is 18.5 Å². The van der Waals surface area contributed by atoms with Crippen LogP contribution in [0.25, 0.3) is 10.9 Å². The Balaban J connectivity index is 2.29. The molecule has 1 aromatic carbocycles. The van der Waals surface area contributed by atoms with E-state index in [9.17, 15) is 4.79 Å². The maximum absolute atomic E-state index is 11.8. The number of carbonyl (C=O) groups is 1. The summed E-state index contributed by atoms with van der Waals surface area (Å²) < 4.78 is 0. The number of rotatable bonds is 4. The van der Waals surface area contributed by atoms with Crippen molar-refractivity contribution in [3.05, 3.63) is 34.5 Å². The van der Waals surface area contributed by atoms with Gasteiger partial charge in [-0.25, -0.2) is 0 Å². The lowest BCUT2D eigenvalue weighted by atomic mass is 10.1. The third-order valence-corrected chi connectivity index (χ3v) is 3.23. The predicted molar refractivity (Wildman–Crippen MR) is 75.1 cm³/mol. The van der Waals surface area contributed by atoms with Gasteiger partial charge >= 0.3 is 0 Å². The minimum absolute atomic E-state index is 0.0563. The highest BCUT2D eigenvalue weighted by Crippen LogP contribution is 2.25. The SMILES string of the molecule is CCCNC(=O)Cc1c(C)[nH]c2ccc(Cl)cc12. The molecule has 0 aliphatic rings. The molecule has 0 radical (unpaired) electrons. The smallest absolute Gasteiger partial charge is 0.224 e. The van der Waals surface area contributed by atoms with Crippen LogP contribution in [0.2, 0.25) is 5.02 Å². The second kappa shape index (κ2) is 5.44. The largest absolute Gasteiger partial charge is 0.358 e. The highest BCUT2D eigenvalue weighted by atomic mass is 35.5. The third kappa shape index (κ3) is 2.67. The Hall–Kier alpha value is -1.48. The highest BCUT2D eigenvalue weighted by molar-refractivity contribution is 6.31. The number of hydrogen-bond donors (Lipinski definition) is 2. The van der Waals surface area contributed by atoms with E-state index in [0.717, 1.165) is 35.1 Å². The molecule has 0 saturated carbocycles. The first-order valence-corrected chi connectivity index (χ1v) is 6.53. The molecular weight excluding hydrogens is 248 g/mol. The van der Waals surface area contributed by atoms with Gasteiger partial charge in [0.2, 0.25) is 5.91 Å². The van der Waals surface area contributed by atoms with Gasteiger partial charge in [0.15, 0.2) is 0 Å². The van der Waals surface area contributed by atoms with E-state index in [1.54, 1.807) is 0 Å². The van der Waals surface area contributed by atoms with E-state index in [1.165, 1.54) is 0 Å². The first kappa shape index (κ1) is 13.0. The van der Waals surface area contributed by atoms with E-state index in [-0.39, 0.29) is 5.91 Å². The molecule has 0 atom stereocenters. The van der Waals surface area contributed by atoms with Crippen LogP contribution in [-0.4, -0.2) is 17.4 Å². The molecule has 0 bridgehead atoms. The molecule has 0 aliphatic carbocycles. The van der Waals surface area contributed by atoms with E-state index in [2.05, 4.69) is 10.3 Å². The Morgan fingerprint density at radius 2 is 2.22 bits per heavy atom. The molecule has 0 unspecified atom stereocenters. The zero-order valence-electron chi connectivity index (χ0n) is 10.6. The summed E-state index contributed by atoms with van der Waals surface area (Å²) in [5.74, 6) is 0.0563. The van der Waals surface area contributed by atoms with Gasteiger partial charge in [-0.3, -0.25) is 4.79 Å². The average Bonchev–Trinajstić information content (AvgIpc) is 2.63. The van der Waals surface area contributed by atoms with Gasteiger partial charge in [0, 0.05) is 28.2 Å². The standard InChI is InChI=1S/C14H17ClN2O/c1-3-6-16-14(18)8-11-9(2)17-13-5-4-10(15)7-12(11)13/h4-5,7,17H,3,6,8H2,1-2H3,(H,16,18). The van der Waals surface area contributed by atoms with Crippen molar-refractivity contribution in [3.8, 4) is 0 Å². The van der Waals surface area contributed by atoms with Crippen molar-refractivity contribution in [3.63, 3.8) is 0 Å². The minimum Gasteiger partial charge on any atom is -0.358 e. The maximum atomic E-state index is 11.8. The van der Waals surface area contributed by atoms with Crippen LogP contribution in [0.4, 0.5) is 0 Å². The molecule has 0 aliphatic heterocycles. The molecule has 2 aromatic rings. The molecule has 1 heterocycles. The highest BCUT2D eigenvalue weighted by Gasteiger charge is 2.12. The summed E-state index contributed by atoms with van der Waals surface area (Å²) in [5, 5.41) is 4.62. The fraction of sp³-hybridized carbons (Fsp3) is 0.357. The number of halogens is 1. The number of carbonyl (C=O) groups excluding carboxylic acids is 1. The van der Waals surface area contributed by atoms with Gasteiger partial charge in [-0.05, 0) is 37.1 Å². The molecule has 4 heteroatoms. The van der Waals surface area contributed by atoms with Crippen LogP contribution >= 0.6 is 11.6 Å². The number of aromatic amines is 1. The summed E-state index contributed by atoms with van der Waals surface area (Å²) >= 11 is 6.01. The molecule has 1 aromatic heterocycles. The number of fused-ring (bicyclic) bond motifs is 1. The molecule has 2 N–H and O–H groups in total. The van der Waals surface area contributed by atoms with Crippen molar-refractivity contribution in [2.24, 2.45) is 0 Å². The van der Waals surface area contributed by atoms with Crippen molar-refractivity contribution < 1.29 is 4.79 Å². The molecule has 3 nitrogen and oxygen atoms in total. The maximum Gasteiger partial charge on any atom is 0.224 e. The van der Waals surface area contributed by atoms with E-state index < -0.39 is 0 Å². The van der Waals surface area contributed by atoms with Crippen molar-refractivity contribution >= 4 is 28.4 Å². The van der Waals surface area contributed by atoms with Gasteiger partial charge in [0.1, 0.15) is 0 Å². The van der Waals surface area contributed by atoms with E-state index in [0.29, 0.717) is 11.4 Å². The van der Waals surface area contributed by atoms with Gasteiger partial charge < -0.3 is 10.3 Å². The predicted octanol–water partition coefficient (Wildman–Crippen LogP) is 3.20. The summed E-state index contributed by atoms with van der Waals surface area (Å²) in [7, 11) is 0. The Bertz CT molecular complexity index is 574. The quantitative estimate of drug-likeness (QED) is 0.875. The zero-order chi connectivity index (χ0) is 13.1. The van der Waals surface area contributed by atoms with E-state index in [1.807, 2.05) is 32.0 Å². The van der Waals surface area contributed by atoms with Crippen LogP contribution in [0, 0.1) is 6.92 Å². The number of aryl methyl sites for hydroxylation is 1. The van der Waals surface area contributed by atoms with Crippen molar-refractivity contribution in [2.45, 2.75) is 26.7 Å². The molecule has 0 fully saturated rings. The van der Waals surface area contributed by atoms with Gasteiger partial charge in [0.05, 0.1) is 6.42 Å². The Morgan fingerprint density at radius 1 is 1.44 bits per heavy atom. The van der Waals surface area contributed by atoms with Gasteiger partial charge in [-0.2, -0.15) is 0 Å². The van der Waals surface area contributed by atoms with Crippen LogP contribution in [0.5, 0.6) is 0 Å². The second-order valence-corrected chi connectivity index (χ2v) is 4.88. The van der Waals surface area contributed by atoms with Crippen LogP contribution < -0.4 is 5.32 Å². The molecule has 0 saturated heterocycles. The molecule has 1 amide bonds. The second-order valence-electron chi connectivity index (χ2n) is 4.45. The van der Waals surface area contributed by atoms with E-state index >= 15 is 0 Å². The number of H-pyrrole nitrogens is 1. The fourth-order valence-electron chi connectivity index (χ4n) is 2.07. The first-order chi connectivity index (χ1) is 8.61. The van der Waals surface area contributed by atoms with Crippen LogP contribution in [0.15, 0.2) is 18.2 Å². The van der Waals surface area contributed by atoms with Crippen molar-refractivity contribution in [1.82, 2.24) is 10.3 Å². The van der Waals surface area contributed by atoms with Crippen LogP contribution in [0.3, 0.4) is 0 Å². The van der Waals surface area contributed by atoms with Crippen LogP contribution in [-0.2, 0) is 11.2 Å². The summed E-state index contributed by atoms with van der Waals surface area (Å²) in [6.07, 6.45) is 1.34. The zero-order valence-corrected chi connectivity index (χ0v) is 11.4. The molecule has 18 heavy (non-hydrogen) atoms. The fourth-order valence-corrected chi connectivity index (χ4v) is 2.24.